The number of nitrogens with two attached hydrogens (primary N) is 1. The Hall–Kier alpha value is -3.54. The van der Waals surface area contributed by atoms with Gasteiger partial charge in [0.25, 0.3) is 0 Å². The van der Waals surface area contributed by atoms with Gasteiger partial charge in [0.2, 0.25) is 10.0 Å². The highest BCUT2D eigenvalue weighted by Gasteiger charge is 2.38. The van der Waals surface area contributed by atoms with E-state index < -0.39 is 39.7 Å². The van der Waals surface area contributed by atoms with E-state index in [1.54, 1.807) is 60.7 Å². The number of nitrogens with zero attached hydrogens (tertiary/aromatic N) is 2. The number of rotatable bonds is 11. The van der Waals surface area contributed by atoms with Crippen LogP contribution in [0.4, 0.5) is 8.78 Å². The van der Waals surface area contributed by atoms with Gasteiger partial charge < -0.3 is 11.1 Å². The molecule has 0 amide bonds. The van der Waals surface area contributed by atoms with Gasteiger partial charge in [-0.05, 0) is 78.4 Å². The zero-order chi connectivity index (χ0) is 32.1. The van der Waals surface area contributed by atoms with Crippen molar-refractivity contribution in [2.75, 3.05) is 13.1 Å². The van der Waals surface area contributed by atoms with E-state index in [4.69, 9.17) is 17.3 Å². The molecule has 236 valence electrons. The number of aromatic nitrogens is 1. The Kier molecular flexibility index (Phi) is 10.4. The van der Waals surface area contributed by atoms with Gasteiger partial charge in [-0.1, -0.05) is 54.1 Å². The predicted molar refractivity (Wildman–Crippen MR) is 170 cm³/mol. The van der Waals surface area contributed by atoms with Crippen LogP contribution in [0.15, 0.2) is 96.2 Å². The molecule has 0 saturated carbocycles. The van der Waals surface area contributed by atoms with Crippen molar-refractivity contribution in [2.24, 2.45) is 5.73 Å². The number of sulfonamides is 1. The maximum atomic E-state index is 15.4. The number of pyridine rings is 1. The zero-order valence-electron chi connectivity index (χ0n) is 24.7. The van der Waals surface area contributed by atoms with Crippen LogP contribution in [0.25, 0.3) is 0 Å². The third-order valence-electron chi connectivity index (χ3n) is 8.26. The molecule has 0 spiro atoms. The Morgan fingerprint density at radius 2 is 1.78 bits per heavy atom. The summed E-state index contributed by atoms with van der Waals surface area (Å²) in [6, 6.07) is 19.1. The van der Waals surface area contributed by atoms with Crippen molar-refractivity contribution < 1.29 is 22.0 Å². The molecule has 0 bridgehead atoms. The number of carbonyl (C=O) groups is 1. The number of Topliss-reactive ketones (excluding diaryl/α,β-unsaturated/α-hetero) is 1. The third kappa shape index (κ3) is 7.48. The van der Waals surface area contributed by atoms with Gasteiger partial charge in [-0.15, -0.1) is 0 Å². The fourth-order valence-corrected chi connectivity index (χ4v) is 8.20. The fraction of sp³-hybridized carbons (Fsp3) is 0.294. The van der Waals surface area contributed by atoms with Crippen LogP contribution in [0.1, 0.15) is 41.5 Å². The monoisotopic (exact) mass is 652 g/mol. The van der Waals surface area contributed by atoms with E-state index in [0.29, 0.717) is 46.8 Å². The lowest BCUT2D eigenvalue weighted by molar-refractivity contribution is -0.119. The van der Waals surface area contributed by atoms with Crippen molar-refractivity contribution in [2.45, 2.75) is 55.1 Å². The number of carbonyl (C=O) groups excluding carboxylic acids is 1. The van der Waals surface area contributed by atoms with Gasteiger partial charge in [-0.25, -0.2) is 17.2 Å². The smallest absolute Gasteiger partial charge is 0.243 e. The Bertz CT molecular complexity index is 1710. The summed E-state index contributed by atoms with van der Waals surface area (Å²) in [5, 5.41) is 3.72. The lowest BCUT2D eigenvalue weighted by Crippen LogP contribution is -2.58. The maximum Gasteiger partial charge on any atom is 0.243 e. The number of hydrogen-bond acceptors (Lipinski definition) is 6. The van der Waals surface area contributed by atoms with Crippen LogP contribution in [-0.4, -0.2) is 54.7 Å². The molecular formula is C34H35ClF2N4O3S. The first-order valence-electron chi connectivity index (χ1n) is 14.8. The molecule has 5 rings (SSSR count). The van der Waals surface area contributed by atoms with E-state index in [1.165, 1.54) is 28.7 Å². The second-order valence-corrected chi connectivity index (χ2v) is 13.6. The molecule has 1 aliphatic heterocycles. The van der Waals surface area contributed by atoms with Crippen LogP contribution in [-0.2, 0) is 27.7 Å². The molecule has 1 saturated heterocycles. The molecule has 11 heteroatoms. The van der Waals surface area contributed by atoms with Crippen molar-refractivity contribution in [3.05, 3.63) is 130 Å². The van der Waals surface area contributed by atoms with Gasteiger partial charge >= 0.3 is 0 Å². The third-order valence-corrected chi connectivity index (χ3v) is 10.6. The van der Waals surface area contributed by atoms with Crippen LogP contribution in [0, 0.1) is 11.6 Å². The summed E-state index contributed by atoms with van der Waals surface area (Å²) in [7, 11) is -3.80. The van der Waals surface area contributed by atoms with E-state index >= 15 is 4.39 Å². The Balaban J connectivity index is 1.39. The van der Waals surface area contributed by atoms with Crippen LogP contribution in [0.2, 0.25) is 5.02 Å². The quantitative estimate of drug-likeness (QED) is 0.229. The molecule has 45 heavy (non-hydrogen) atoms. The summed E-state index contributed by atoms with van der Waals surface area (Å²) < 4.78 is 58.3. The van der Waals surface area contributed by atoms with E-state index in [9.17, 15) is 17.6 Å². The highest BCUT2D eigenvalue weighted by Crippen LogP contribution is 2.31. The summed E-state index contributed by atoms with van der Waals surface area (Å²) in [6.07, 6.45) is 2.90. The second-order valence-electron chi connectivity index (χ2n) is 11.4. The molecule has 4 atom stereocenters. The average molecular weight is 653 g/mol. The van der Waals surface area contributed by atoms with Gasteiger partial charge in [0.05, 0.1) is 17.1 Å². The standard InChI is InChI=1S/C34H35ClF2N4O3S/c1-22-18-39-21-28(41(22)45(43,44)29-10-3-2-4-11-29)13-14-30-23(7-6-12-31(30)37)17-32(42)34(38)33(24-8-5-9-26(35)15-24)25-16-27(36)20-40-19-25/h2-12,15-16,19-20,22,28,33-34,39H,13-14,17-18,21,38H2,1H3/t22-,28-,33-,34+/m0/s1. The molecule has 2 heterocycles. The van der Waals surface area contributed by atoms with E-state index in [1.807, 2.05) is 6.92 Å². The lowest BCUT2D eigenvalue weighted by Gasteiger charge is -2.40. The molecule has 0 unspecified atom stereocenters. The van der Waals surface area contributed by atoms with Crippen LogP contribution >= 0.6 is 11.6 Å². The molecule has 4 aromatic rings. The molecule has 0 radical (unpaired) electrons. The minimum absolute atomic E-state index is 0.167. The van der Waals surface area contributed by atoms with Crippen LogP contribution in [0.3, 0.4) is 0 Å². The van der Waals surface area contributed by atoms with Gasteiger partial charge in [-0.3, -0.25) is 9.78 Å². The van der Waals surface area contributed by atoms with E-state index in [-0.39, 0.29) is 29.6 Å². The highest BCUT2D eigenvalue weighted by atomic mass is 35.5. The zero-order valence-corrected chi connectivity index (χ0v) is 26.3. The molecular weight excluding hydrogens is 618 g/mol. The van der Waals surface area contributed by atoms with Crippen molar-refractivity contribution in [3.8, 4) is 0 Å². The van der Waals surface area contributed by atoms with Crippen molar-refractivity contribution in [1.82, 2.24) is 14.6 Å². The van der Waals surface area contributed by atoms with Crippen LogP contribution in [0.5, 0.6) is 0 Å². The fourth-order valence-electron chi connectivity index (χ4n) is 6.13. The highest BCUT2D eigenvalue weighted by molar-refractivity contribution is 7.89. The molecule has 0 aliphatic carbocycles. The molecule has 3 N–H and O–H groups in total. The second kappa shape index (κ2) is 14.3. The van der Waals surface area contributed by atoms with Crippen molar-refractivity contribution in [1.29, 1.82) is 0 Å². The van der Waals surface area contributed by atoms with Gasteiger partial charge in [0, 0.05) is 48.7 Å². The number of hydrogen-bond donors (Lipinski definition) is 2. The number of benzene rings is 3. The molecule has 7 nitrogen and oxygen atoms in total. The van der Waals surface area contributed by atoms with Crippen molar-refractivity contribution >= 4 is 27.4 Å². The van der Waals surface area contributed by atoms with Gasteiger partial charge in [-0.2, -0.15) is 4.31 Å². The summed E-state index contributed by atoms with van der Waals surface area (Å²) in [6.45, 7) is 2.75. The summed E-state index contributed by atoms with van der Waals surface area (Å²) in [4.78, 5) is 17.9. The van der Waals surface area contributed by atoms with E-state index in [2.05, 4.69) is 10.3 Å². The first-order chi connectivity index (χ1) is 21.6. The minimum atomic E-state index is -3.80. The Morgan fingerprint density at radius 1 is 1.02 bits per heavy atom. The van der Waals surface area contributed by atoms with E-state index in [0.717, 1.165) is 6.20 Å². The molecule has 1 aromatic heterocycles. The normalized spacial score (nSPS) is 18.8. The SMILES string of the molecule is C[C@H]1CNC[C@H](CCc2c(F)cccc2CC(=O)[C@@H](N)[C@H](c2cncc(F)c2)c2cccc(Cl)c2)N1S(=O)(=O)c1ccccc1. The van der Waals surface area contributed by atoms with Crippen molar-refractivity contribution in [3.63, 3.8) is 0 Å². The topological polar surface area (TPSA) is 105 Å². The summed E-state index contributed by atoms with van der Waals surface area (Å²) >= 11 is 6.24. The first-order valence-corrected chi connectivity index (χ1v) is 16.6. The molecule has 3 aromatic carbocycles. The number of piperazine rings is 1. The largest absolute Gasteiger partial charge is 0.321 e. The molecule has 1 fully saturated rings. The maximum absolute atomic E-state index is 15.4. The Labute approximate surface area is 267 Å². The predicted octanol–water partition coefficient (Wildman–Crippen LogP) is 5.27. The first kappa shape index (κ1) is 32.8. The summed E-state index contributed by atoms with van der Waals surface area (Å²) in [5.41, 5.74) is 8.40. The lowest BCUT2D eigenvalue weighted by atomic mass is 9.82. The van der Waals surface area contributed by atoms with Gasteiger partial charge in [0.15, 0.2) is 5.78 Å². The Morgan fingerprint density at radius 3 is 2.51 bits per heavy atom. The van der Waals surface area contributed by atoms with Gasteiger partial charge in [0.1, 0.15) is 11.6 Å². The number of halogens is 3. The molecule has 1 aliphatic rings. The summed E-state index contributed by atoms with van der Waals surface area (Å²) in [5.74, 6) is -2.18. The van der Waals surface area contributed by atoms with Crippen LogP contribution < -0.4 is 11.1 Å². The minimum Gasteiger partial charge on any atom is -0.321 e. The number of nitrogens with one attached hydrogen (secondary N) is 1. The number of ketones is 1. The average Bonchev–Trinajstić information content (AvgIpc) is 3.01.